The molecule has 2 aromatic heterocycles. The second kappa shape index (κ2) is 4.10. The first kappa shape index (κ1) is 10.2. The second-order valence-electron chi connectivity index (χ2n) is 4.06. The van der Waals surface area contributed by atoms with Crippen molar-refractivity contribution in [2.75, 3.05) is 13.2 Å². The van der Waals surface area contributed by atoms with Crippen LogP contribution in [0.5, 0.6) is 0 Å². The van der Waals surface area contributed by atoms with E-state index >= 15 is 0 Å². The van der Waals surface area contributed by atoms with Gasteiger partial charge in [-0.25, -0.2) is 0 Å². The number of aromatic nitrogens is 4. The van der Waals surface area contributed by atoms with E-state index < -0.39 is 0 Å². The van der Waals surface area contributed by atoms with Gasteiger partial charge in [0, 0.05) is 18.9 Å². The van der Waals surface area contributed by atoms with Crippen LogP contribution in [0.15, 0.2) is 0 Å². The largest absolute Gasteiger partial charge is 0.381 e. The molecule has 0 radical (unpaired) electrons. The quantitative estimate of drug-likeness (QED) is 0.815. The molecule has 2 aromatic rings. The monoisotopic (exact) mass is 238 g/mol. The van der Waals surface area contributed by atoms with Crippen molar-refractivity contribution >= 4 is 16.3 Å². The number of fused-ring (bicyclic) bond motifs is 1. The molecule has 1 aliphatic rings. The SMILES string of the molecule is CCCc1nnc2sc([C@@H]3CCOC3)nn12. The van der Waals surface area contributed by atoms with Crippen LogP contribution in [0.3, 0.4) is 0 Å². The number of hydrogen-bond donors (Lipinski definition) is 0. The van der Waals surface area contributed by atoms with Gasteiger partial charge in [0.2, 0.25) is 4.96 Å². The van der Waals surface area contributed by atoms with E-state index in [9.17, 15) is 0 Å². The zero-order valence-electron chi connectivity index (χ0n) is 9.22. The first-order chi connectivity index (χ1) is 7.88. The van der Waals surface area contributed by atoms with Gasteiger partial charge < -0.3 is 4.74 Å². The lowest BCUT2D eigenvalue weighted by atomic mass is 10.1. The first-order valence-corrected chi connectivity index (χ1v) is 6.49. The Morgan fingerprint density at radius 3 is 3.19 bits per heavy atom. The molecule has 0 amide bonds. The van der Waals surface area contributed by atoms with E-state index in [1.807, 2.05) is 4.52 Å². The lowest BCUT2D eigenvalue weighted by molar-refractivity contribution is 0.193. The molecule has 1 saturated heterocycles. The van der Waals surface area contributed by atoms with Gasteiger partial charge in [-0.3, -0.25) is 0 Å². The number of hydrogen-bond acceptors (Lipinski definition) is 5. The summed E-state index contributed by atoms with van der Waals surface area (Å²) in [6, 6.07) is 0. The normalized spacial score (nSPS) is 20.9. The smallest absolute Gasteiger partial charge is 0.234 e. The summed E-state index contributed by atoms with van der Waals surface area (Å²) >= 11 is 1.64. The minimum atomic E-state index is 0.459. The van der Waals surface area contributed by atoms with Gasteiger partial charge in [0.25, 0.3) is 0 Å². The van der Waals surface area contributed by atoms with Gasteiger partial charge in [0.05, 0.1) is 6.61 Å². The van der Waals surface area contributed by atoms with Gasteiger partial charge in [-0.15, -0.1) is 10.2 Å². The Balaban J connectivity index is 1.95. The Morgan fingerprint density at radius 2 is 2.44 bits per heavy atom. The maximum absolute atomic E-state index is 5.38. The molecule has 86 valence electrons. The fourth-order valence-corrected chi connectivity index (χ4v) is 2.92. The van der Waals surface area contributed by atoms with E-state index in [1.54, 1.807) is 11.3 Å². The second-order valence-corrected chi connectivity index (χ2v) is 5.05. The van der Waals surface area contributed by atoms with Gasteiger partial charge >= 0.3 is 0 Å². The molecule has 0 N–H and O–H groups in total. The van der Waals surface area contributed by atoms with Crippen molar-refractivity contribution in [3.63, 3.8) is 0 Å². The van der Waals surface area contributed by atoms with Gasteiger partial charge in [-0.2, -0.15) is 9.61 Å². The molecule has 1 aliphatic heterocycles. The Kier molecular flexibility index (Phi) is 2.61. The fraction of sp³-hybridized carbons (Fsp3) is 0.700. The molecule has 1 atom stereocenters. The van der Waals surface area contributed by atoms with E-state index in [0.717, 1.165) is 48.3 Å². The van der Waals surface area contributed by atoms with E-state index in [-0.39, 0.29) is 0 Å². The minimum Gasteiger partial charge on any atom is -0.381 e. The maximum atomic E-state index is 5.38. The lowest BCUT2D eigenvalue weighted by Gasteiger charge is -1.99. The lowest BCUT2D eigenvalue weighted by Crippen LogP contribution is -2.00. The van der Waals surface area contributed by atoms with E-state index in [4.69, 9.17) is 4.74 Å². The molecule has 1 fully saturated rings. The van der Waals surface area contributed by atoms with E-state index in [0.29, 0.717) is 5.92 Å². The molecule has 0 aromatic carbocycles. The van der Waals surface area contributed by atoms with Crippen LogP contribution in [0.4, 0.5) is 0 Å². The average molecular weight is 238 g/mol. The van der Waals surface area contributed by atoms with Crippen molar-refractivity contribution in [3.8, 4) is 0 Å². The summed E-state index contributed by atoms with van der Waals surface area (Å²) in [6.45, 7) is 3.79. The molecule has 6 heteroatoms. The zero-order valence-corrected chi connectivity index (χ0v) is 10.0. The number of ether oxygens (including phenoxy) is 1. The topological polar surface area (TPSA) is 52.3 Å². The summed E-state index contributed by atoms with van der Waals surface area (Å²) in [5, 5.41) is 14.0. The highest BCUT2D eigenvalue weighted by Crippen LogP contribution is 2.28. The van der Waals surface area contributed by atoms with E-state index in [1.165, 1.54) is 0 Å². The van der Waals surface area contributed by atoms with Crippen molar-refractivity contribution in [1.82, 2.24) is 19.8 Å². The predicted molar refractivity (Wildman–Crippen MR) is 60.8 cm³/mol. The molecule has 0 unspecified atom stereocenters. The molecule has 3 heterocycles. The first-order valence-electron chi connectivity index (χ1n) is 5.67. The standard InChI is InChI=1S/C10H14N4OS/c1-2-3-8-11-12-10-14(8)13-9(16-10)7-4-5-15-6-7/h7H,2-6H2,1H3/t7-/m1/s1. The van der Waals surface area contributed by atoms with Crippen molar-refractivity contribution in [2.24, 2.45) is 0 Å². The average Bonchev–Trinajstić information content (AvgIpc) is 2.93. The van der Waals surface area contributed by atoms with Gasteiger partial charge in [0.1, 0.15) is 5.01 Å². The van der Waals surface area contributed by atoms with Crippen LogP contribution in [0.25, 0.3) is 4.96 Å². The number of aryl methyl sites for hydroxylation is 1. The Labute approximate surface area is 97.4 Å². The Bertz CT molecular complexity index is 486. The predicted octanol–water partition coefficient (Wildman–Crippen LogP) is 1.64. The van der Waals surface area contributed by atoms with Crippen LogP contribution < -0.4 is 0 Å². The highest BCUT2D eigenvalue weighted by molar-refractivity contribution is 7.16. The summed E-state index contributed by atoms with van der Waals surface area (Å²) in [4.78, 5) is 0.908. The Hall–Kier alpha value is -1.01. The van der Waals surface area contributed by atoms with Crippen LogP contribution in [-0.2, 0) is 11.2 Å². The van der Waals surface area contributed by atoms with Crippen molar-refractivity contribution in [2.45, 2.75) is 32.1 Å². The number of nitrogens with zero attached hydrogens (tertiary/aromatic N) is 4. The molecule has 0 bridgehead atoms. The summed E-state index contributed by atoms with van der Waals surface area (Å²) in [6.07, 6.45) is 3.08. The van der Waals surface area contributed by atoms with Crippen molar-refractivity contribution < 1.29 is 4.74 Å². The molecule has 0 aliphatic carbocycles. The summed E-state index contributed by atoms with van der Waals surface area (Å²) in [5.74, 6) is 1.43. The minimum absolute atomic E-state index is 0.459. The molecule has 0 saturated carbocycles. The third-order valence-corrected chi connectivity index (χ3v) is 3.88. The summed E-state index contributed by atoms with van der Waals surface area (Å²) in [5.41, 5.74) is 0. The molecule has 16 heavy (non-hydrogen) atoms. The van der Waals surface area contributed by atoms with Crippen LogP contribution in [-0.4, -0.2) is 33.0 Å². The van der Waals surface area contributed by atoms with Gasteiger partial charge in [0.15, 0.2) is 5.82 Å². The maximum Gasteiger partial charge on any atom is 0.234 e. The molecule has 5 nitrogen and oxygen atoms in total. The molecule has 0 spiro atoms. The number of rotatable bonds is 3. The highest BCUT2D eigenvalue weighted by Gasteiger charge is 2.23. The Morgan fingerprint density at radius 1 is 1.50 bits per heavy atom. The third-order valence-electron chi connectivity index (χ3n) is 2.82. The fourth-order valence-electron chi connectivity index (χ4n) is 1.95. The van der Waals surface area contributed by atoms with Crippen LogP contribution in [0.2, 0.25) is 0 Å². The van der Waals surface area contributed by atoms with Crippen LogP contribution >= 0.6 is 11.3 Å². The summed E-state index contributed by atoms with van der Waals surface area (Å²) < 4.78 is 7.27. The van der Waals surface area contributed by atoms with Gasteiger partial charge in [-0.1, -0.05) is 18.3 Å². The van der Waals surface area contributed by atoms with Gasteiger partial charge in [-0.05, 0) is 12.8 Å². The van der Waals surface area contributed by atoms with Crippen LogP contribution in [0.1, 0.15) is 36.5 Å². The third kappa shape index (κ3) is 1.62. The van der Waals surface area contributed by atoms with Crippen molar-refractivity contribution in [3.05, 3.63) is 10.8 Å². The van der Waals surface area contributed by atoms with Crippen molar-refractivity contribution in [1.29, 1.82) is 0 Å². The molecular formula is C10H14N4OS. The van der Waals surface area contributed by atoms with E-state index in [2.05, 4.69) is 22.2 Å². The van der Waals surface area contributed by atoms with Crippen LogP contribution in [0, 0.1) is 0 Å². The zero-order chi connectivity index (χ0) is 11.0. The molecule has 3 rings (SSSR count). The molecular weight excluding hydrogens is 224 g/mol. The highest BCUT2D eigenvalue weighted by atomic mass is 32.1. The summed E-state index contributed by atoms with van der Waals surface area (Å²) in [7, 11) is 0.